The lowest BCUT2D eigenvalue weighted by atomic mass is 9.97. The average Bonchev–Trinajstić information content (AvgIpc) is 2.53. The molecule has 0 radical (unpaired) electrons. The summed E-state index contributed by atoms with van der Waals surface area (Å²) < 4.78 is 0. The van der Waals surface area contributed by atoms with Crippen LogP contribution in [0.3, 0.4) is 0 Å². The third kappa shape index (κ3) is 3.83. The second-order valence-corrected chi connectivity index (χ2v) is 6.10. The van der Waals surface area contributed by atoms with Crippen LogP contribution in [0.5, 0.6) is 5.75 Å². The molecule has 0 spiro atoms. The molecule has 116 valence electrons. The first-order valence-corrected chi connectivity index (χ1v) is 8.07. The van der Waals surface area contributed by atoms with Crippen molar-refractivity contribution in [2.75, 3.05) is 6.54 Å². The zero-order chi connectivity index (χ0) is 15.4. The molecule has 1 aromatic heterocycles. The molecule has 2 heterocycles. The van der Waals surface area contributed by atoms with Gasteiger partial charge in [-0.2, -0.15) is 0 Å². The highest BCUT2D eigenvalue weighted by molar-refractivity contribution is 5.59. The van der Waals surface area contributed by atoms with Gasteiger partial charge in [0.25, 0.3) is 0 Å². The quantitative estimate of drug-likeness (QED) is 0.909. The molecular formula is C18H23N3O. The molecule has 1 aliphatic rings. The largest absolute Gasteiger partial charge is 0.508 e. The maximum absolute atomic E-state index is 9.99. The molecule has 0 amide bonds. The lowest BCUT2D eigenvalue weighted by Gasteiger charge is -2.23. The first kappa shape index (κ1) is 15.0. The van der Waals surface area contributed by atoms with Gasteiger partial charge in [-0.05, 0) is 69.0 Å². The van der Waals surface area contributed by atoms with Crippen molar-refractivity contribution < 1.29 is 5.11 Å². The highest BCUT2D eigenvalue weighted by Gasteiger charge is 2.13. The number of phenols is 1. The van der Waals surface area contributed by atoms with Crippen molar-refractivity contribution in [1.29, 1.82) is 0 Å². The lowest BCUT2D eigenvalue weighted by Crippen LogP contribution is -2.34. The number of aryl methyl sites for hydroxylation is 2. The molecule has 1 saturated heterocycles. The fourth-order valence-electron chi connectivity index (χ4n) is 3.05. The molecule has 22 heavy (non-hydrogen) atoms. The molecule has 1 atom stereocenters. The van der Waals surface area contributed by atoms with Gasteiger partial charge in [-0.3, -0.25) is 0 Å². The van der Waals surface area contributed by atoms with Crippen molar-refractivity contribution in [2.24, 2.45) is 0 Å². The maximum atomic E-state index is 9.99. The van der Waals surface area contributed by atoms with Crippen LogP contribution >= 0.6 is 0 Å². The molecular weight excluding hydrogens is 274 g/mol. The van der Waals surface area contributed by atoms with Gasteiger partial charge >= 0.3 is 0 Å². The second kappa shape index (κ2) is 6.88. The Labute approximate surface area is 131 Å². The molecule has 2 aromatic rings. The molecule has 1 unspecified atom stereocenters. The summed E-state index contributed by atoms with van der Waals surface area (Å²) in [5.41, 5.74) is 2.96. The summed E-state index contributed by atoms with van der Waals surface area (Å²) in [5, 5.41) is 13.6. The molecule has 1 fully saturated rings. The van der Waals surface area contributed by atoms with Gasteiger partial charge in [0.15, 0.2) is 5.82 Å². The first-order chi connectivity index (χ1) is 10.7. The van der Waals surface area contributed by atoms with Crippen LogP contribution in [0.2, 0.25) is 0 Å². The van der Waals surface area contributed by atoms with E-state index in [1.54, 1.807) is 12.3 Å². The number of benzene rings is 1. The van der Waals surface area contributed by atoms with Gasteiger partial charge in [-0.15, -0.1) is 0 Å². The Morgan fingerprint density at radius 1 is 1.27 bits per heavy atom. The van der Waals surface area contributed by atoms with E-state index in [4.69, 9.17) is 0 Å². The van der Waals surface area contributed by atoms with Crippen LogP contribution in [0.15, 0.2) is 30.5 Å². The Morgan fingerprint density at radius 3 is 2.95 bits per heavy atom. The van der Waals surface area contributed by atoms with Crippen LogP contribution in [0, 0.1) is 6.92 Å². The molecule has 2 N–H and O–H groups in total. The van der Waals surface area contributed by atoms with Crippen molar-refractivity contribution in [3.8, 4) is 17.1 Å². The summed E-state index contributed by atoms with van der Waals surface area (Å²) in [4.78, 5) is 8.75. The highest BCUT2D eigenvalue weighted by Crippen LogP contribution is 2.24. The maximum Gasteiger partial charge on any atom is 0.159 e. The standard InChI is InChI=1S/C18H23N3O/c1-13-7-9-20-18(21-13)15-10-14(11-17(22)12-15)5-6-16-4-2-3-8-19-16/h7,9-12,16,19,22H,2-6,8H2,1H3. The molecule has 1 aromatic carbocycles. The number of aromatic nitrogens is 2. The smallest absolute Gasteiger partial charge is 0.159 e. The number of aromatic hydroxyl groups is 1. The summed E-state index contributed by atoms with van der Waals surface area (Å²) in [6.45, 7) is 3.08. The van der Waals surface area contributed by atoms with E-state index in [0.29, 0.717) is 11.9 Å². The van der Waals surface area contributed by atoms with Crippen molar-refractivity contribution in [3.63, 3.8) is 0 Å². The second-order valence-electron chi connectivity index (χ2n) is 6.10. The van der Waals surface area contributed by atoms with Crippen LogP contribution in [0.25, 0.3) is 11.4 Å². The summed E-state index contributed by atoms with van der Waals surface area (Å²) in [5.74, 6) is 0.960. The molecule has 1 aliphatic heterocycles. The molecule has 3 rings (SSSR count). The zero-order valence-electron chi connectivity index (χ0n) is 13.0. The summed E-state index contributed by atoms with van der Waals surface area (Å²) >= 11 is 0. The van der Waals surface area contributed by atoms with E-state index in [9.17, 15) is 5.11 Å². The number of hydrogen-bond acceptors (Lipinski definition) is 4. The Balaban J connectivity index is 1.74. The number of phenolic OH excluding ortho intramolecular Hbond substituents is 1. The minimum Gasteiger partial charge on any atom is -0.508 e. The van der Waals surface area contributed by atoms with Crippen molar-refractivity contribution in [1.82, 2.24) is 15.3 Å². The van der Waals surface area contributed by atoms with Crippen LogP contribution in [-0.2, 0) is 6.42 Å². The van der Waals surface area contributed by atoms with Crippen molar-refractivity contribution >= 4 is 0 Å². The predicted octanol–water partition coefficient (Wildman–Crippen LogP) is 3.23. The van der Waals surface area contributed by atoms with E-state index in [1.807, 2.05) is 19.1 Å². The number of nitrogens with zero attached hydrogens (tertiary/aromatic N) is 2. The SMILES string of the molecule is Cc1ccnc(-c2cc(O)cc(CCC3CCCCN3)c2)n1. The van der Waals surface area contributed by atoms with Crippen LogP contribution in [0.1, 0.15) is 36.9 Å². The van der Waals surface area contributed by atoms with Crippen LogP contribution < -0.4 is 5.32 Å². The van der Waals surface area contributed by atoms with E-state index in [2.05, 4.69) is 21.4 Å². The lowest BCUT2D eigenvalue weighted by molar-refractivity contribution is 0.382. The van der Waals surface area contributed by atoms with Gasteiger partial charge in [0.05, 0.1) is 0 Å². The summed E-state index contributed by atoms with van der Waals surface area (Å²) in [6, 6.07) is 8.16. The highest BCUT2D eigenvalue weighted by atomic mass is 16.3. The monoisotopic (exact) mass is 297 g/mol. The average molecular weight is 297 g/mol. The van der Waals surface area contributed by atoms with Gasteiger partial charge in [-0.1, -0.05) is 6.42 Å². The number of piperidine rings is 1. The first-order valence-electron chi connectivity index (χ1n) is 8.07. The molecule has 0 saturated carbocycles. The summed E-state index contributed by atoms with van der Waals surface area (Å²) in [6.07, 6.45) is 7.69. The summed E-state index contributed by atoms with van der Waals surface area (Å²) in [7, 11) is 0. The Hall–Kier alpha value is -1.94. The van der Waals surface area contributed by atoms with Gasteiger partial charge in [-0.25, -0.2) is 9.97 Å². The van der Waals surface area contributed by atoms with Crippen LogP contribution in [0.4, 0.5) is 0 Å². The van der Waals surface area contributed by atoms with Crippen molar-refractivity contribution in [2.45, 2.75) is 45.1 Å². The third-order valence-electron chi connectivity index (χ3n) is 4.22. The van der Waals surface area contributed by atoms with Crippen molar-refractivity contribution in [3.05, 3.63) is 41.7 Å². The Kier molecular flexibility index (Phi) is 4.68. The topological polar surface area (TPSA) is 58.0 Å². The fourth-order valence-corrected chi connectivity index (χ4v) is 3.05. The molecule has 0 aliphatic carbocycles. The Morgan fingerprint density at radius 2 is 2.18 bits per heavy atom. The fraction of sp³-hybridized carbons (Fsp3) is 0.444. The normalized spacial score (nSPS) is 18.3. The Bertz CT molecular complexity index is 636. The van der Waals surface area contributed by atoms with Gasteiger partial charge in [0, 0.05) is 23.5 Å². The van der Waals surface area contributed by atoms with E-state index in [1.165, 1.54) is 19.3 Å². The van der Waals surface area contributed by atoms with Gasteiger partial charge < -0.3 is 10.4 Å². The molecule has 4 heteroatoms. The number of rotatable bonds is 4. The van der Waals surface area contributed by atoms with Gasteiger partial charge in [0.1, 0.15) is 5.75 Å². The minimum atomic E-state index is 0.286. The predicted molar refractivity (Wildman–Crippen MR) is 87.8 cm³/mol. The third-order valence-corrected chi connectivity index (χ3v) is 4.22. The van der Waals surface area contributed by atoms with E-state index in [-0.39, 0.29) is 5.75 Å². The van der Waals surface area contributed by atoms with E-state index in [0.717, 1.165) is 36.2 Å². The molecule has 0 bridgehead atoms. The van der Waals surface area contributed by atoms with E-state index < -0.39 is 0 Å². The van der Waals surface area contributed by atoms with E-state index >= 15 is 0 Å². The number of nitrogens with one attached hydrogen (secondary N) is 1. The molecule has 4 nitrogen and oxygen atoms in total. The van der Waals surface area contributed by atoms with Crippen LogP contribution in [-0.4, -0.2) is 27.7 Å². The zero-order valence-corrected chi connectivity index (χ0v) is 13.0. The minimum absolute atomic E-state index is 0.286. The number of hydrogen-bond donors (Lipinski definition) is 2. The van der Waals surface area contributed by atoms with Gasteiger partial charge in [0.2, 0.25) is 0 Å².